The van der Waals surface area contributed by atoms with Gasteiger partial charge in [-0.1, -0.05) is 0 Å². The van der Waals surface area contributed by atoms with Crippen molar-refractivity contribution in [3.63, 3.8) is 0 Å². The highest BCUT2D eigenvalue weighted by Gasteiger charge is 2.25. The van der Waals surface area contributed by atoms with E-state index in [9.17, 15) is 4.79 Å². The van der Waals surface area contributed by atoms with Crippen molar-refractivity contribution in [2.45, 2.75) is 25.3 Å². The number of fused-ring (bicyclic) bond motifs is 2. The van der Waals surface area contributed by atoms with Crippen molar-refractivity contribution in [2.24, 2.45) is 0 Å². The van der Waals surface area contributed by atoms with E-state index >= 15 is 0 Å². The van der Waals surface area contributed by atoms with Gasteiger partial charge < -0.3 is 10.2 Å². The zero-order chi connectivity index (χ0) is 17.4. The number of nitrogens with zero attached hydrogens (tertiary/aromatic N) is 6. The van der Waals surface area contributed by atoms with Gasteiger partial charge in [-0.15, -0.1) is 0 Å². The maximum Gasteiger partial charge on any atom is 0.272 e. The number of imidazole rings is 1. The molecule has 3 heterocycles. The summed E-state index contributed by atoms with van der Waals surface area (Å²) in [5.41, 5.74) is 2.36. The molecule has 3 aromatic rings. The largest absolute Gasteiger partial charge is 0.347 e. The van der Waals surface area contributed by atoms with E-state index in [0.717, 1.165) is 30.5 Å². The smallest absolute Gasteiger partial charge is 0.272 e. The van der Waals surface area contributed by atoms with Gasteiger partial charge in [0, 0.05) is 44.4 Å². The molecule has 8 heteroatoms. The molecule has 8 nitrogen and oxygen atoms in total. The van der Waals surface area contributed by atoms with Crippen LogP contribution in [-0.2, 0) is 6.42 Å². The fourth-order valence-corrected chi connectivity index (χ4v) is 3.07. The molecule has 1 amide bonds. The summed E-state index contributed by atoms with van der Waals surface area (Å²) in [6.07, 6.45) is 9.74. The van der Waals surface area contributed by atoms with E-state index in [2.05, 4.69) is 25.3 Å². The second-order valence-electron chi connectivity index (χ2n) is 6.34. The van der Waals surface area contributed by atoms with Gasteiger partial charge in [0.25, 0.3) is 5.91 Å². The molecule has 4 rings (SSSR count). The number of amides is 1. The minimum atomic E-state index is -0.208. The molecule has 25 heavy (non-hydrogen) atoms. The summed E-state index contributed by atoms with van der Waals surface area (Å²) in [5.74, 6) is 0.993. The van der Waals surface area contributed by atoms with Crippen molar-refractivity contribution in [3.8, 4) is 0 Å². The molecular weight excluding hydrogens is 318 g/mol. The van der Waals surface area contributed by atoms with Crippen LogP contribution in [-0.4, -0.2) is 44.3 Å². The first kappa shape index (κ1) is 15.5. The average molecular weight is 337 g/mol. The molecule has 1 aliphatic rings. The van der Waals surface area contributed by atoms with Crippen LogP contribution in [0.2, 0.25) is 0 Å². The lowest BCUT2D eigenvalue weighted by Crippen LogP contribution is -2.32. The highest BCUT2D eigenvalue weighted by atomic mass is 16.2. The Hall–Kier alpha value is -3.03. The summed E-state index contributed by atoms with van der Waals surface area (Å²) < 4.78 is 1.73. The number of rotatable bonds is 3. The fraction of sp³-hybridized carbons (Fsp3) is 0.353. The molecule has 0 fully saturated rings. The van der Waals surface area contributed by atoms with E-state index in [0.29, 0.717) is 17.4 Å². The second kappa shape index (κ2) is 6.12. The SMILES string of the molecule is CN(C)c1ncc2c(n1)CCC[C@@H]2NC(=O)c1cn2cccnc2n1. The maximum absolute atomic E-state index is 12.6. The van der Waals surface area contributed by atoms with E-state index in [4.69, 9.17) is 0 Å². The molecule has 0 bridgehead atoms. The summed E-state index contributed by atoms with van der Waals surface area (Å²) in [4.78, 5) is 31.9. The molecule has 0 saturated carbocycles. The van der Waals surface area contributed by atoms with Gasteiger partial charge in [-0.3, -0.25) is 9.20 Å². The summed E-state index contributed by atoms with van der Waals surface area (Å²) >= 11 is 0. The van der Waals surface area contributed by atoms with Gasteiger partial charge in [0.05, 0.1) is 11.7 Å². The van der Waals surface area contributed by atoms with Crippen LogP contribution in [0.15, 0.2) is 30.9 Å². The van der Waals surface area contributed by atoms with Crippen LogP contribution >= 0.6 is 0 Å². The standard InChI is InChI=1S/C17H19N7O/c1-23(2)16-19-9-11-12(5-3-6-13(11)21-16)20-15(25)14-10-24-8-4-7-18-17(24)22-14/h4,7-10,12H,3,5-6H2,1-2H3,(H,20,25)/t12-/m0/s1. The summed E-state index contributed by atoms with van der Waals surface area (Å²) in [6, 6.07) is 1.71. The van der Waals surface area contributed by atoms with E-state index in [-0.39, 0.29) is 11.9 Å². The fourth-order valence-electron chi connectivity index (χ4n) is 3.07. The predicted octanol–water partition coefficient (Wildman–Crippen LogP) is 1.39. The molecule has 128 valence electrons. The first-order valence-electron chi connectivity index (χ1n) is 8.25. The van der Waals surface area contributed by atoms with Crippen LogP contribution in [0, 0.1) is 0 Å². The molecule has 0 aromatic carbocycles. The third-order valence-electron chi connectivity index (χ3n) is 4.34. The lowest BCUT2D eigenvalue weighted by atomic mass is 9.92. The minimum Gasteiger partial charge on any atom is -0.347 e. The van der Waals surface area contributed by atoms with Crippen LogP contribution in [0.5, 0.6) is 0 Å². The van der Waals surface area contributed by atoms with Crippen molar-refractivity contribution in [2.75, 3.05) is 19.0 Å². The molecule has 0 radical (unpaired) electrons. The van der Waals surface area contributed by atoms with Crippen LogP contribution in [0.1, 0.15) is 40.6 Å². The topological polar surface area (TPSA) is 88.3 Å². The quantitative estimate of drug-likeness (QED) is 0.777. The Bertz CT molecular complexity index is 901. The first-order valence-corrected chi connectivity index (χ1v) is 8.25. The zero-order valence-electron chi connectivity index (χ0n) is 14.2. The lowest BCUT2D eigenvalue weighted by Gasteiger charge is -2.26. The van der Waals surface area contributed by atoms with Gasteiger partial charge in [-0.25, -0.2) is 19.9 Å². The highest BCUT2D eigenvalue weighted by molar-refractivity contribution is 5.93. The predicted molar refractivity (Wildman–Crippen MR) is 92.5 cm³/mol. The summed E-state index contributed by atoms with van der Waals surface area (Å²) in [7, 11) is 3.84. The molecule has 3 aromatic heterocycles. The molecule has 0 saturated heterocycles. The Morgan fingerprint density at radius 3 is 3.00 bits per heavy atom. The number of hydrogen-bond donors (Lipinski definition) is 1. The van der Waals surface area contributed by atoms with Crippen LogP contribution in [0.25, 0.3) is 5.78 Å². The lowest BCUT2D eigenvalue weighted by molar-refractivity contribution is 0.0928. The number of nitrogens with one attached hydrogen (secondary N) is 1. The third-order valence-corrected chi connectivity index (χ3v) is 4.34. The molecule has 0 aliphatic heterocycles. The molecule has 1 aliphatic carbocycles. The molecule has 1 N–H and O–H groups in total. The Kier molecular flexibility index (Phi) is 3.79. The van der Waals surface area contributed by atoms with Crippen molar-refractivity contribution < 1.29 is 4.79 Å². The van der Waals surface area contributed by atoms with E-state index < -0.39 is 0 Å². The van der Waals surface area contributed by atoms with E-state index in [1.54, 1.807) is 22.9 Å². The molecule has 0 spiro atoms. The van der Waals surface area contributed by atoms with Gasteiger partial charge in [0.15, 0.2) is 0 Å². The van der Waals surface area contributed by atoms with Gasteiger partial charge >= 0.3 is 0 Å². The Balaban J connectivity index is 1.58. The van der Waals surface area contributed by atoms with E-state index in [1.165, 1.54) is 0 Å². The van der Waals surface area contributed by atoms with Crippen LogP contribution in [0.3, 0.4) is 0 Å². The normalized spacial score (nSPS) is 16.5. The van der Waals surface area contributed by atoms with Crippen molar-refractivity contribution in [3.05, 3.63) is 47.8 Å². The number of anilines is 1. The number of carbonyl (C=O) groups is 1. The number of hydrogen-bond acceptors (Lipinski definition) is 6. The Morgan fingerprint density at radius 1 is 1.32 bits per heavy atom. The number of aryl methyl sites for hydroxylation is 1. The van der Waals surface area contributed by atoms with Crippen molar-refractivity contribution in [1.82, 2.24) is 29.7 Å². The monoisotopic (exact) mass is 337 g/mol. The van der Waals surface area contributed by atoms with Crippen molar-refractivity contribution in [1.29, 1.82) is 0 Å². The second-order valence-corrected chi connectivity index (χ2v) is 6.34. The number of aromatic nitrogens is 5. The average Bonchev–Trinajstić information content (AvgIpc) is 3.06. The van der Waals surface area contributed by atoms with Crippen LogP contribution < -0.4 is 10.2 Å². The van der Waals surface area contributed by atoms with Gasteiger partial charge in [-0.05, 0) is 25.3 Å². The van der Waals surface area contributed by atoms with E-state index in [1.807, 2.05) is 31.4 Å². The molecule has 0 unspecified atom stereocenters. The molecule has 1 atom stereocenters. The van der Waals surface area contributed by atoms with Crippen LogP contribution in [0.4, 0.5) is 5.95 Å². The zero-order valence-corrected chi connectivity index (χ0v) is 14.2. The van der Waals surface area contributed by atoms with Gasteiger partial charge in [0.1, 0.15) is 5.69 Å². The molecular formula is C17H19N7O. The summed E-state index contributed by atoms with van der Waals surface area (Å²) in [6.45, 7) is 0. The maximum atomic E-state index is 12.6. The third kappa shape index (κ3) is 2.90. The van der Waals surface area contributed by atoms with Gasteiger partial charge in [0.2, 0.25) is 11.7 Å². The Labute approximate surface area is 145 Å². The first-order chi connectivity index (χ1) is 12.1. The number of carbonyl (C=O) groups excluding carboxylic acids is 1. The van der Waals surface area contributed by atoms with Crippen molar-refractivity contribution >= 4 is 17.6 Å². The minimum absolute atomic E-state index is 0.0924. The highest BCUT2D eigenvalue weighted by Crippen LogP contribution is 2.29. The Morgan fingerprint density at radius 2 is 2.20 bits per heavy atom. The summed E-state index contributed by atoms with van der Waals surface area (Å²) in [5, 5.41) is 3.06. The van der Waals surface area contributed by atoms with Gasteiger partial charge in [-0.2, -0.15) is 0 Å².